The molecule has 1 N–H and O–H groups in total. The second-order valence-electron chi connectivity index (χ2n) is 7.65. The molecule has 0 spiro atoms. The third-order valence-corrected chi connectivity index (χ3v) is 5.60. The van der Waals surface area contributed by atoms with Crippen LogP contribution in [0.1, 0.15) is 24.2 Å². The average molecular weight is 448 g/mol. The fraction of sp³-hybridized carbons (Fsp3) is 0.400. The zero-order valence-electron chi connectivity index (χ0n) is 16.8. The maximum Gasteiger partial charge on any atom is 0.453 e. The Kier molecular flexibility index (Phi) is 4.98. The summed E-state index contributed by atoms with van der Waals surface area (Å²) in [6, 6.07) is 8.59. The van der Waals surface area contributed by atoms with E-state index in [1.807, 2.05) is 23.1 Å². The van der Waals surface area contributed by atoms with Crippen LogP contribution in [0.3, 0.4) is 0 Å². The van der Waals surface area contributed by atoms with E-state index in [2.05, 4.69) is 20.6 Å². The van der Waals surface area contributed by atoms with Gasteiger partial charge in [0.05, 0.1) is 0 Å². The van der Waals surface area contributed by atoms with E-state index in [-0.39, 0.29) is 24.3 Å². The Hall–Kier alpha value is -3.57. The number of rotatable bonds is 4. The van der Waals surface area contributed by atoms with Gasteiger partial charge in [0.25, 0.3) is 5.82 Å². The Labute approximate surface area is 180 Å². The number of amides is 1. The number of carbonyl (C=O) groups excluding carboxylic acids is 1. The molecule has 2 aliphatic heterocycles. The summed E-state index contributed by atoms with van der Waals surface area (Å²) < 4.78 is 50.6. The van der Waals surface area contributed by atoms with Gasteiger partial charge >= 0.3 is 6.18 Å². The van der Waals surface area contributed by atoms with Crippen LogP contribution in [0.4, 0.5) is 19.0 Å². The van der Waals surface area contributed by atoms with Crippen LogP contribution in [-0.2, 0) is 17.5 Å². The van der Waals surface area contributed by atoms with Crippen LogP contribution in [0.2, 0.25) is 0 Å². The number of nitrogens with zero attached hydrogens (tertiary/aromatic N) is 5. The second kappa shape index (κ2) is 7.84. The maximum atomic E-state index is 13.1. The topological polar surface area (TPSA) is 93.9 Å². The highest BCUT2D eigenvalue weighted by atomic mass is 19.4. The van der Waals surface area contributed by atoms with Crippen LogP contribution in [-0.4, -0.2) is 45.6 Å². The van der Waals surface area contributed by atoms with Gasteiger partial charge in [-0.1, -0.05) is 6.07 Å². The number of nitrogens with one attached hydrogen (secondary N) is 1. The van der Waals surface area contributed by atoms with E-state index in [1.54, 1.807) is 6.07 Å². The molecule has 12 heteroatoms. The van der Waals surface area contributed by atoms with Gasteiger partial charge in [0.2, 0.25) is 12.7 Å². The minimum atomic E-state index is -4.64. The van der Waals surface area contributed by atoms with E-state index in [4.69, 9.17) is 9.47 Å². The van der Waals surface area contributed by atoms with Gasteiger partial charge in [0, 0.05) is 25.6 Å². The molecule has 1 amide bonds. The molecule has 1 aromatic carbocycles. The van der Waals surface area contributed by atoms with E-state index in [0.29, 0.717) is 54.3 Å². The molecule has 5 rings (SSSR count). The van der Waals surface area contributed by atoms with Crippen molar-refractivity contribution < 1.29 is 27.4 Å². The van der Waals surface area contributed by atoms with Gasteiger partial charge in [-0.15, -0.1) is 15.3 Å². The van der Waals surface area contributed by atoms with Crippen molar-refractivity contribution in [3.8, 4) is 11.5 Å². The quantitative estimate of drug-likeness (QED) is 0.655. The van der Waals surface area contributed by atoms with Crippen molar-refractivity contribution in [3.05, 3.63) is 41.7 Å². The fourth-order valence-electron chi connectivity index (χ4n) is 3.88. The smallest absolute Gasteiger partial charge is 0.453 e. The summed E-state index contributed by atoms with van der Waals surface area (Å²) in [4.78, 5) is 14.5. The number of benzene rings is 1. The highest BCUT2D eigenvalue weighted by molar-refractivity contribution is 5.79. The highest BCUT2D eigenvalue weighted by Gasteiger charge is 2.38. The number of aromatic nitrogens is 4. The first-order valence-electron chi connectivity index (χ1n) is 10.1. The summed E-state index contributed by atoms with van der Waals surface area (Å²) in [7, 11) is 0. The number of fused-ring (bicyclic) bond motifs is 2. The number of hydrogen-bond acceptors (Lipinski definition) is 7. The van der Waals surface area contributed by atoms with Crippen LogP contribution < -0.4 is 19.7 Å². The summed E-state index contributed by atoms with van der Waals surface area (Å²) >= 11 is 0. The summed E-state index contributed by atoms with van der Waals surface area (Å²) in [5.74, 6) is 0.354. The molecule has 1 saturated heterocycles. The summed E-state index contributed by atoms with van der Waals surface area (Å²) in [5.41, 5.74) is 0.936. The van der Waals surface area contributed by atoms with Crippen LogP contribution in [0.5, 0.6) is 11.5 Å². The lowest BCUT2D eigenvalue weighted by atomic mass is 9.96. The van der Waals surface area contributed by atoms with Crippen molar-refractivity contribution >= 4 is 17.4 Å². The summed E-state index contributed by atoms with van der Waals surface area (Å²) in [6.07, 6.45) is -3.50. The van der Waals surface area contributed by atoms with Crippen LogP contribution >= 0.6 is 0 Å². The van der Waals surface area contributed by atoms with E-state index < -0.39 is 12.0 Å². The first-order valence-corrected chi connectivity index (χ1v) is 10.1. The number of ether oxygens (including phenoxy) is 2. The minimum Gasteiger partial charge on any atom is -0.454 e. The van der Waals surface area contributed by atoms with Crippen molar-refractivity contribution in [3.63, 3.8) is 0 Å². The molecule has 9 nitrogen and oxygen atoms in total. The van der Waals surface area contributed by atoms with Gasteiger partial charge in [-0.2, -0.15) is 17.7 Å². The standard InChI is InChI=1S/C20H19F3N6O3/c21-20(22,23)19-26-25-16-3-4-17(27-29(16)19)28-7-5-13(6-8-28)18(30)24-10-12-1-2-14-15(9-12)32-11-31-14/h1-4,9,13H,5-8,10-11H2,(H,24,30). The van der Waals surface area contributed by atoms with Gasteiger partial charge in [-0.25, -0.2) is 0 Å². The number of piperidine rings is 1. The molecule has 4 heterocycles. The number of alkyl halides is 3. The minimum absolute atomic E-state index is 0.0267. The molecule has 2 aromatic heterocycles. The molecular formula is C20H19F3N6O3. The van der Waals surface area contributed by atoms with Gasteiger partial charge < -0.3 is 19.7 Å². The van der Waals surface area contributed by atoms with Crippen molar-refractivity contribution in [1.82, 2.24) is 25.1 Å². The molecule has 3 aromatic rings. The van der Waals surface area contributed by atoms with Gasteiger partial charge in [0.1, 0.15) is 5.82 Å². The van der Waals surface area contributed by atoms with Crippen molar-refractivity contribution in [2.24, 2.45) is 5.92 Å². The first kappa shape index (κ1) is 20.3. The lowest BCUT2D eigenvalue weighted by Gasteiger charge is -2.32. The van der Waals surface area contributed by atoms with Crippen molar-refractivity contribution in [2.75, 3.05) is 24.8 Å². The lowest BCUT2D eigenvalue weighted by molar-refractivity contribution is -0.146. The predicted molar refractivity (Wildman–Crippen MR) is 105 cm³/mol. The highest BCUT2D eigenvalue weighted by Crippen LogP contribution is 2.32. The molecule has 1 fully saturated rings. The molecule has 2 aliphatic rings. The largest absolute Gasteiger partial charge is 0.454 e. The van der Waals surface area contributed by atoms with Gasteiger partial charge in [-0.3, -0.25) is 4.79 Å². The second-order valence-corrected chi connectivity index (χ2v) is 7.65. The first-order chi connectivity index (χ1) is 15.4. The Balaban J connectivity index is 1.19. The number of halogens is 3. The summed E-state index contributed by atoms with van der Waals surface area (Å²) in [5, 5.41) is 13.7. The van der Waals surface area contributed by atoms with Crippen molar-refractivity contribution in [1.29, 1.82) is 0 Å². The molecular weight excluding hydrogens is 429 g/mol. The normalized spacial score (nSPS) is 16.5. The molecule has 168 valence electrons. The third-order valence-electron chi connectivity index (χ3n) is 5.60. The average Bonchev–Trinajstić information content (AvgIpc) is 3.43. The molecule has 0 radical (unpaired) electrons. The zero-order chi connectivity index (χ0) is 22.3. The molecule has 0 atom stereocenters. The molecule has 0 unspecified atom stereocenters. The molecule has 0 bridgehead atoms. The third kappa shape index (κ3) is 3.87. The number of carbonyl (C=O) groups is 1. The SMILES string of the molecule is O=C(NCc1ccc2c(c1)OCO2)C1CCN(c2ccc3nnc(C(F)(F)F)n3n2)CC1. The molecule has 0 saturated carbocycles. The Morgan fingerprint density at radius 3 is 2.66 bits per heavy atom. The van der Waals surface area contributed by atoms with Crippen LogP contribution in [0.15, 0.2) is 30.3 Å². The van der Waals surface area contributed by atoms with Gasteiger partial charge in [-0.05, 0) is 42.7 Å². The van der Waals surface area contributed by atoms with Crippen LogP contribution in [0.25, 0.3) is 5.65 Å². The fourth-order valence-corrected chi connectivity index (χ4v) is 3.88. The monoisotopic (exact) mass is 448 g/mol. The van der Waals surface area contributed by atoms with Crippen LogP contribution in [0, 0.1) is 5.92 Å². The zero-order valence-corrected chi connectivity index (χ0v) is 16.8. The molecule has 32 heavy (non-hydrogen) atoms. The molecule has 0 aliphatic carbocycles. The number of hydrogen-bond donors (Lipinski definition) is 1. The van der Waals surface area contributed by atoms with Crippen molar-refractivity contribution in [2.45, 2.75) is 25.6 Å². The maximum absolute atomic E-state index is 13.1. The Morgan fingerprint density at radius 2 is 1.88 bits per heavy atom. The van der Waals surface area contributed by atoms with E-state index in [9.17, 15) is 18.0 Å². The number of anilines is 1. The summed E-state index contributed by atoms with van der Waals surface area (Å²) in [6.45, 7) is 1.58. The Bertz CT molecular complexity index is 1160. The predicted octanol–water partition coefficient (Wildman–Crippen LogP) is 2.40. The van der Waals surface area contributed by atoms with Gasteiger partial charge in [0.15, 0.2) is 17.1 Å². The van der Waals surface area contributed by atoms with E-state index in [0.717, 1.165) is 5.56 Å². The van der Waals surface area contributed by atoms with E-state index in [1.165, 1.54) is 6.07 Å². The van der Waals surface area contributed by atoms with E-state index >= 15 is 0 Å². The lowest BCUT2D eigenvalue weighted by Crippen LogP contribution is -2.40. The Morgan fingerprint density at radius 1 is 1.09 bits per heavy atom.